The van der Waals surface area contributed by atoms with Gasteiger partial charge in [0.2, 0.25) is 0 Å². The van der Waals surface area contributed by atoms with Crippen LogP contribution in [-0.4, -0.2) is 19.3 Å². The number of rotatable bonds is 1. The second-order valence-electron chi connectivity index (χ2n) is 3.81. The summed E-state index contributed by atoms with van der Waals surface area (Å²) in [5.41, 5.74) is 8.74. The van der Waals surface area contributed by atoms with Crippen molar-refractivity contribution < 1.29 is 0 Å². The zero-order valence-corrected chi connectivity index (χ0v) is 10.4. The summed E-state index contributed by atoms with van der Waals surface area (Å²) < 4.78 is 1.10. The Bertz CT molecular complexity index is 404. The molecule has 0 aromatic heterocycles. The van der Waals surface area contributed by atoms with Crippen molar-refractivity contribution in [1.29, 1.82) is 0 Å². The average Bonchev–Trinajstić information content (AvgIpc) is 2.17. The van der Waals surface area contributed by atoms with Crippen LogP contribution >= 0.6 is 15.9 Å². The maximum atomic E-state index is 5.88. The number of halogens is 1. The van der Waals surface area contributed by atoms with Gasteiger partial charge in [0.15, 0.2) is 0 Å². The highest BCUT2D eigenvalue weighted by Gasteiger charge is 2.28. The molecule has 0 saturated carbocycles. The number of hydrogen-bond acceptors (Lipinski definition) is 3. The van der Waals surface area contributed by atoms with E-state index in [-0.39, 0.29) is 6.04 Å². The lowest BCUT2D eigenvalue weighted by molar-refractivity contribution is 0.592. The molecule has 2 aliphatic rings. The van der Waals surface area contributed by atoms with Gasteiger partial charge in [-0.15, -0.1) is 0 Å². The van der Waals surface area contributed by atoms with Crippen molar-refractivity contribution >= 4 is 22.1 Å². The molecule has 0 fully saturated rings. The molecular weight excluding hydrogens is 254 g/mol. The van der Waals surface area contributed by atoms with E-state index < -0.39 is 0 Å². The zero-order valence-electron chi connectivity index (χ0n) is 8.79. The fourth-order valence-electron chi connectivity index (χ4n) is 2.02. The maximum Gasteiger partial charge on any atom is 0.0831 e. The Kier molecular flexibility index (Phi) is 2.69. The second kappa shape index (κ2) is 3.85. The predicted octanol–water partition coefficient (Wildman–Crippen LogP) is 1.68. The topological polar surface area (TPSA) is 50.4 Å². The molecule has 0 saturated heterocycles. The Morgan fingerprint density at radius 3 is 2.93 bits per heavy atom. The Hall–Kier alpha value is -1.03. The van der Waals surface area contributed by atoms with Gasteiger partial charge in [0.25, 0.3) is 0 Å². The van der Waals surface area contributed by atoms with Crippen LogP contribution in [0.3, 0.4) is 0 Å². The van der Waals surface area contributed by atoms with Gasteiger partial charge in [-0.05, 0) is 6.08 Å². The third-order valence-corrected chi connectivity index (χ3v) is 3.23. The molecule has 0 amide bonds. The van der Waals surface area contributed by atoms with E-state index in [2.05, 4.69) is 45.3 Å². The van der Waals surface area contributed by atoms with Crippen LogP contribution in [0.1, 0.15) is 6.92 Å². The smallest absolute Gasteiger partial charge is 0.0831 e. The summed E-state index contributed by atoms with van der Waals surface area (Å²) in [5, 5.41) is 3.14. The lowest BCUT2D eigenvalue weighted by Crippen LogP contribution is -2.31. The van der Waals surface area contributed by atoms with Crippen molar-refractivity contribution in [2.24, 2.45) is 16.6 Å². The molecule has 0 spiro atoms. The minimum atomic E-state index is 0.195. The molecule has 4 heteroatoms. The number of nitrogens with two attached hydrogens (primary N) is 1. The van der Waals surface area contributed by atoms with Gasteiger partial charge in [0.1, 0.15) is 0 Å². The van der Waals surface area contributed by atoms with Gasteiger partial charge in [0, 0.05) is 29.2 Å². The summed E-state index contributed by atoms with van der Waals surface area (Å²) >= 11 is 3.51. The van der Waals surface area contributed by atoms with E-state index in [0.29, 0.717) is 11.6 Å². The van der Waals surface area contributed by atoms with E-state index in [4.69, 9.17) is 5.73 Å². The fraction of sp³-hybridized carbons (Fsp3) is 0.364. The van der Waals surface area contributed by atoms with Crippen LogP contribution in [0.25, 0.3) is 0 Å². The largest absolute Gasteiger partial charge is 0.396 e. The first-order valence-corrected chi connectivity index (χ1v) is 5.72. The third-order valence-electron chi connectivity index (χ3n) is 2.73. The summed E-state index contributed by atoms with van der Waals surface area (Å²) in [4.78, 5) is 4.46. The van der Waals surface area contributed by atoms with Crippen LogP contribution in [0, 0.1) is 5.92 Å². The van der Waals surface area contributed by atoms with E-state index in [1.54, 1.807) is 6.21 Å². The molecule has 0 bridgehead atoms. The number of likely N-dealkylation sites (N-methyl/N-ethyl adjacent to an activating group) is 1. The minimum Gasteiger partial charge on any atom is -0.396 e. The molecule has 0 aromatic carbocycles. The van der Waals surface area contributed by atoms with Gasteiger partial charge >= 0.3 is 0 Å². The molecule has 15 heavy (non-hydrogen) atoms. The average molecular weight is 268 g/mol. The molecule has 0 aromatic rings. The number of fused-ring (bicyclic) bond motifs is 1. The summed E-state index contributed by atoms with van der Waals surface area (Å²) in [5.74, 6) is 0.395. The Labute approximate surface area is 98.0 Å². The summed E-state index contributed by atoms with van der Waals surface area (Å²) in [6.07, 6.45) is 6.00. The van der Waals surface area contributed by atoms with Crippen LogP contribution in [0.4, 0.5) is 0 Å². The monoisotopic (exact) mass is 267 g/mol. The molecule has 2 atom stereocenters. The molecule has 3 nitrogen and oxygen atoms in total. The first-order chi connectivity index (χ1) is 7.13. The van der Waals surface area contributed by atoms with Crippen molar-refractivity contribution in [3.05, 3.63) is 33.6 Å². The SMILES string of the molecule is CNC1=C(N)C=NC2C1=CC(Br)=CC2C. The quantitative estimate of drug-likeness (QED) is 0.760. The van der Waals surface area contributed by atoms with Gasteiger partial charge in [-0.2, -0.15) is 0 Å². The van der Waals surface area contributed by atoms with Crippen LogP contribution in [0.2, 0.25) is 0 Å². The molecule has 2 unspecified atom stereocenters. The van der Waals surface area contributed by atoms with E-state index in [1.165, 1.54) is 5.57 Å². The number of dihydropyridines is 1. The van der Waals surface area contributed by atoms with Crippen LogP contribution < -0.4 is 11.1 Å². The van der Waals surface area contributed by atoms with Crippen LogP contribution in [-0.2, 0) is 0 Å². The molecule has 2 rings (SSSR count). The van der Waals surface area contributed by atoms with Crippen molar-refractivity contribution in [3.8, 4) is 0 Å². The van der Waals surface area contributed by atoms with Gasteiger partial charge in [-0.25, -0.2) is 0 Å². The van der Waals surface area contributed by atoms with E-state index >= 15 is 0 Å². The lowest BCUT2D eigenvalue weighted by atomic mass is 9.86. The van der Waals surface area contributed by atoms with Crippen molar-refractivity contribution in [1.82, 2.24) is 5.32 Å². The first kappa shape index (κ1) is 10.5. The van der Waals surface area contributed by atoms with Crippen LogP contribution in [0.5, 0.6) is 0 Å². The zero-order chi connectivity index (χ0) is 11.0. The number of allylic oxidation sites excluding steroid dienone is 3. The first-order valence-electron chi connectivity index (χ1n) is 4.93. The van der Waals surface area contributed by atoms with Gasteiger partial charge in [-0.1, -0.05) is 28.9 Å². The maximum absolute atomic E-state index is 5.88. The summed E-state index contributed by atoms with van der Waals surface area (Å²) in [6.45, 7) is 2.16. The molecule has 1 aliphatic heterocycles. The van der Waals surface area contributed by atoms with Gasteiger partial charge in [-0.3, -0.25) is 4.99 Å². The van der Waals surface area contributed by atoms with Gasteiger partial charge in [0.05, 0.1) is 17.4 Å². The normalized spacial score (nSPS) is 29.5. The lowest BCUT2D eigenvalue weighted by Gasteiger charge is -2.29. The number of hydrogen-bond donors (Lipinski definition) is 2. The number of aliphatic imine (C=N–C) groups is 1. The van der Waals surface area contributed by atoms with Crippen LogP contribution in [0.15, 0.2) is 38.6 Å². The Morgan fingerprint density at radius 2 is 2.27 bits per heavy atom. The second-order valence-corrected chi connectivity index (χ2v) is 4.73. The highest BCUT2D eigenvalue weighted by atomic mass is 79.9. The Morgan fingerprint density at radius 1 is 1.53 bits per heavy atom. The summed E-state index contributed by atoms with van der Waals surface area (Å²) in [7, 11) is 1.89. The molecule has 1 aliphatic carbocycles. The highest BCUT2D eigenvalue weighted by molar-refractivity contribution is 9.11. The fourth-order valence-corrected chi connectivity index (χ4v) is 2.69. The molecule has 3 N–H and O–H groups in total. The molecular formula is C11H14BrN3. The highest BCUT2D eigenvalue weighted by Crippen LogP contribution is 2.33. The van der Waals surface area contributed by atoms with E-state index in [1.807, 2.05) is 7.05 Å². The predicted molar refractivity (Wildman–Crippen MR) is 66.8 cm³/mol. The number of nitrogens with zero attached hydrogens (tertiary/aromatic N) is 1. The minimum absolute atomic E-state index is 0.195. The summed E-state index contributed by atoms with van der Waals surface area (Å²) in [6, 6.07) is 0.195. The third kappa shape index (κ3) is 1.74. The molecule has 0 radical (unpaired) electrons. The van der Waals surface area contributed by atoms with Crippen molar-refractivity contribution in [3.63, 3.8) is 0 Å². The van der Waals surface area contributed by atoms with Crippen molar-refractivity contribution in [2.45, 2.75) is 13.0 Å². The number of nitrogens with one attached hydrogen (secondary N) is 1. The van der Waals surface area contributed by atoms with E-state index in [0.717, 1.165) is 10.2 Å². The molecule has 1 heterocycles. The van der Waals surface area contributed by atoms with Gasteiger partial charge < -0.3 is 11.1 Å². The van der Waals surface area contributed by atoms with E-state index in [9.17, 15) is 0 Å². The standard InChI is InChI=1S/C11H14BrN3/c1-6-3-7(12)4-8-10(6)15-5-9(13)11(8)14-2/h3-6,10,14H,13H2,1-2H3. The van der Waals surface area contributed by atoms with Crippen molar-refractivity contribution in [2.75, 3.05) is 7.05 Å². The molecule has 80 valence electrons. The Balaban J connectivity index is 2.48.